The van der Waals surface area contributed by atoms with Gasteiger partial charge in [0.05, 0.1) is 25.1 Å². The maximum atomic E-state index is 13.0. The minimum absolute atomic E-state index is 0.299. The summed E-state index contributed by atoms with van der Waals surface area (Å²) in [4.78, 5) is 13.0. The maximum absolute atomic E-state index is 13.0. The number of hydrogen-bond donors (Lipinski definition) is 1. The number of carbonyl (C=O) groups excluding carboxylic acids is 1. The standard InChI is InChI=1S/C23H30N2O5S/c1-15-8-7-9-20(16(15)2)25(31(6,27)28)14-22(26)24-19-13-23(3,4)30-21-12-17(29-5)10-11-18(19)21/h7-12,19H,13-14H2,1-6H3,(H,24,26). The summed E-state index contributed by atoms with van der Waals surface area (Å²) in [5, 5.41) is 3.01. The highest BCUT2D eigenvalue weighted by Crippen LogP contribution is 2.41. The number of ether oxygens (including phenoxy) is 2. The second-order valence-electron chi connectivity index (χ2n) is 8.58. The van der Waals surface area contributed by atoms with Gasteiger partial charge in [0, 0.05) is 18.1 Å². The zero-order valence-corrected chi connectivity index (χ0v) is 19.7. The summed E-state index contributed by atoms with van der Waals surface area (Å²) in [7, 11) is -2.07. The van der Waals surface area contributed by atoms with Gasteiger partial charge in [-0.3, -0.25) is 9.10 Å². The molecule has 31 heavy (non-hydrogen) atoms. The van der Waals surface area contributed by atoms with Gasteiger partial charge in [0.25, 0.3) is 0 Å². The second-order valence-corrected chi connectivity index (χ2v) is 10.5. The summed E-state index contributed by atoms with van der Waals surface area (Å²) in [5.74, 6) is 0.936. The zero-order chi connectivity index (χ0) is 23.0. The number of carbonyl (C=O) groups is 1. The molecule has 0 fully saturated rings. The highest BCUT2D eigenvalue weighted by Gasteiger charge is 2.35. The van der Waals surface area contributed by atoms with Crippen molar-refractivity contribution in [1.29, 1.82) is 0 Å². The van der Waals surface area contributed by atoms with E-state index in [4.69, 9.17) is 9.47 Å². The molecule has 1 aliphatic rings. The molecule has 168 valence electrons. The van der Waals surface area contributed by atoms with E-state index >= 15 is 0 Å². The lowest BCUT2D eigenvalue weighted by atomic mass is 9.89. The Morgan fingerprint density at radius 2 is 1.97 bits per heavy atom. The molecule has 1 N–H and O–H groups in total. The molecule has 0 spiro atoms. The van der Waals surface area contributed by atoms with Crippen LogP contribution in [0.1, 0.15) is 43.0 Å². The molecule has 3 rings (SSSR count). The molecule has 1 aliphatic heterocycles. The minimum Gasteiger partial charge on any atom is -0.497 e. The summed E-state index contributed by atoms with van der Waals surface area (Å²) >= 11 is 0. The van der Waals surface area contributed by atoms with E-state index in [1.54, 1.807) is 25.3 Å². The molecule has 2 aromatic carbocycles. The first kappa shape index (κ1) is 22.9. The van der Waals surface area contributed by atoms with Crippen LogP contribution >= 0.6 is 0 Å². The number of benzene rings is 2. The molecule has 7 nitrogen and oxygen atoms in total. The lowest BCUT2D eigenvalue weighted by molar-refractivity contribution is -0.120. The van der Waals surface area contributed by atoms with Crippen molar-refractivity contribution < 1.29 is 22.7 Å². The second kappa shape index (κ2) is 8.42. The van der Waals surface area contributed by atoms with Gasteiger partial charge in [-0.1, -0.05) is 12.1 Å². The van der Waals surface area contributed by atoms with Crippen molar-refractivity contribution in [3.05, 3.63) is 53.1 Å². The summed E-state index contributed by atoms with van der Waals surface area (Å²) in [6.45, 7) is 7.37. The monoisotopic (exact) mass is 446 g/mol. The van der Waals surface area contributed by atoms with Crippen molar-refractivity contribution in [2.24, 2.45) is 0 Å². The Balaban J connectivity index is 1.87. The number of nitrogens with zero attached hydrogens (tertiary/aromatic N) is 1. The van der Waals surface area contributed by atoms with Gasteiger partial charge < -0.3 is 14.8 Å². The van der Waals surface area contributed by atoms with E-state index in [0.29, 0.717) is 23.6 Å². The molecule has 8 heteroatoms. The fourth-order valence-electron chi connectivity index (χ4n) is 3.84. The van der Waals surface area contributed by atoms with Gasteiger partial charge in [0.15, 0.2) is 0 Å². The van der Waals surface area contributed by atoms with Crippen LogP contribution in [-0.4, -0.2) is 39.8 Å². The van der Waals surface area contributed by atoms with Gasteiger partial charge >= 0.3 is 0 Å². The van der Waals surface area contributed by atoms with Gasteiger partial charge in [-0.05, 0) is 57.0 Å². The smallest absolute Gasteiger partial charge is 0.241 e. The van der Waals surface area contributed by atoms with Gasteiger partial charge in [-0.15, -0.1) is 0 Å². The van der Waals surface area contributed by atoms with Gasteiger partial charge in [0.2, 0.25) is 15.9 Å². The Hall–Kier alpha value is -2.74. The third-order valence-corrected chi connectivity index (χ3v) is 6.67. The van der Waals surface area contributed by atoms with E-state index in [1.165, 1.54) is 0 Å². The number of hydrogen-bond acceptors (Lipinski definition) is 5. The van der Waals surface area contributed by atoms with Crippen LogP contribution in [0.4, 0.5) is 5.69 Å². The minimum atomic E-state index is -3.65. The molecule has 0 aliphatic carbocycles. The molecule has 1 heterocycles. The highest BCUT2D eigenvalue weighted by molar-refractivity contribution is 7.92. The molecule has 1 amide bonds. The SMILES string of the molecule is COc1ccc2c(c1)OC(C)(C)CC2NC(=O)CN(c1cccc(C)c1C)S(C)(=O)=O. The van der Waals surface area contributed by atoms with Crippen LogP contribution in [0.15, 0.2) is 36.4 Å². The van der Waals surface area contributed by atoms with E-state index < -0.39 is 15.6 Å². The topological polar surface area (TPSA) is 84.9 Å². The first-order chi connectivity index (χ1) is 14.4. The summed E-state index contributed by atoms with van der Waals surface area (Å²) < 4.78 is 37.5. The van der Waals surface area contributed by atoms with E-state index in [-0.39, 0.29) is 18.5 Å². The predicted octanol–water partition coefficient (Wildman–Crippen LogP) is 3.50. The molecule has 0 saturated carbocycles. The van der Waals surface area contributed by atoms with Crippen LogP contribution in [0.3, 0.4) is 0 Å². The number of fused-ring (bicyclic) bond motifs is 1. The summed E-state index contributed by atoms with van der Waals surface area (Å²) in [6.07, 6.45) is 1.67. The molecule has 0 saturated heterocycles. The van der Waals surface area contributed by atoms with Gasteiger partial charge in [0.1, 0.15) is 23.6 Å². The van der Waals surface area contributed by atoms with Crippen molar-refractivity contribution in [2.75, 3.05) is 24.2 Å². The van der Waals surface area contributed by atoms with E-state index in [9.17, 15) is 13.2 Å². The largest absolute Gasteiger partial charge is 0.497 e. The summed E-state index contributed by atoms with van der Waals surface area (Å²) in [6, 6.07) is 10.6. The third kappa shape index (κ3) is 5.12. The van der Waals surface area contributed by atoms with Crippen LogP contribution in [-0.2, 0) is 14.8 Å². The number of aryl methyl sites for hydroxylation is 1. The van der Waals surface area contributed by atoms with Crippen LogP contribution < -0.4 is 19.1 Å². The van der Waals surface area contributed by atoms with Crippen LogP contribution in [0.2, 0.25) is 0 Å². The normalized spacial score (nSPS) is 17.3. The molecular weight excluding hydrogens is 416 g/mol. The van der Waals surface area contributed by atoms with E-state index in [0.717, 1.165) is 27.3 Å². The van der Waals surface area contributed by atoms with Gasteiger partial charge in [-0.2, -0.15) is 0 Å². The van der Waals surface area contributed by atoms with Crippen LogP contribution in [0.5, 0.6) is 11.5 Å². The molecule has 0 aromatic heterocycles. The maximum Gasteiger partial charge on any atom is 0.241 e. The Morgan fingerprint density at radius 3 is 2.61 bits per heavy atom. The Kier molecular flexibility index (Phi) is 6.23. The fourth-order valence-corrected chi connectivity index (χ4v) is 4.75. The number of nitrogens with one attached hydrogen (secondary N) is 1. The first-order valence-corrected chi connectivity index (χ1v) is 12.0. The Labute approximate surface area is 184 Å². The number of sulfonamides is 1. The zero-order valence-electron chi connectivity index (χ0n) is 18.9. The van der Waals surface area contributed by atoms with E-state index in [2.05, 4.69) is 5.32 Å². The lowest BCUT2D eigenvalue weighted by Crippen LogP contribution is -2.45. The van der Waals surface area contributed by atoms with Crippen molar-refractivity contribution in [2.45, 2.75) is 45.8 Å². The molecule has 1 unspecified atom stereocenters. The first-order valence-electron chi connectivity index (χ1n) is 10.1. The number of anilines is 1. The van der Waals surface area contributed by atoms with Gasteiger partial charge in [-0.25, -0.2) is 8.42 Å². The lowest BCUT2D eigenvalue weighted by Gasteiger charge is -2.38. The predicted molar refractivity (Wildman–Crippen MR) is 121 cm³/mol. The van der Waals surface area contributed by atoms with Crippen molar-refractivity contribution in [1.82, 2.24) is 5.32 Å². The van der Waals surface area contributed by atoms with Crippen LogP contribution in [0.25, 0.3) is 0 Å². The van der Waals surface area contributed by atoms with Crippen LogP contribution in [0, 0.1) is 13.8 Å². The number of rotatable bonds is 6. The fraction of sp³-hybridized carbons (Fsp3) is 0.435. The Bertz CT molecular complexity index is 1100. The number of amides is 1. The molecule has 0 radical (unpaired) electrons. The van der Waals surface area contributed by atoms with Crippen molar-refractivity contribution >= 4 is 21.6 Å². The quantitative estimate of drug-likeness (QED) is 0.734. The molecule has 2 aromatic rings. The summed E-state index contributed by atoms with van der Waals surface area (Å²) in [5.41, 5.74) is 2.63. The molecular formula is C23H30N2O5S. The highest BCUT2D eigenvalue weighted by atomic mass is 32.2. The Morgan fingerprint density at radius 1 is 1.26 bits per heavy atom. The van der Waals surface area contributed by atoms with Crippen molar-refractivity contribution in [3.8, 4) is 11.5 Å². The van der Waals surface area contributed by atoms with E-state index in [1.807, 2.05) is 45.9 Å². The van der Waals surface area contributed by atoms with Crippen molar-refractivity contribution in [3.63, 3.8) is 0 Å². The third-order valence-electron chi connectivity index (χ3n) is 5.55. The molecule has 0 bridgehead atoms. The number of methoxy groups -OCH3 is 1. The molecule has 1 atom stereocenters. The average Bonchev–Trinajstić information content (AvgIpc) is 2.66. The average molecular weight is 447 g/mol.